The molecule has 9 nitrogen and oxygen atoms in total. The average molecular weight is 488 g/mol. The van der Waals surface area contributed by atoms with Crippen molar-refractivity contribution in [2.45, 2.75) is 31.7 Å². The molecule has 0 radical (unpaired) electrons. The van der Waals surface area contributed by atoms with E-state index in [2.05, 4.69) is 22.1 Å². The quantitative estimate of drug-likeness (QED) is 0.181. The highest BCUT2D eigenvalue weighted by Crippen LogP contribution is 2.28. The summed E-state index contributed by atoms with van der Waals surface area (Å²) < 4.78 is 7.82. The minimum absolute atomic E-state index is 0.000550. The summed E-state index contributed by atoms with van der Waals surface area (Å²) in [5.74, 6) is 0.993. The molecule has 3 aromatic rings. The minimum Gasteiger partial charge on any atom is -0.483 e. The summed E-state index contributed by atoms with van der Waals surface area (Å²) in [6.07, 6.45) is 1.33. The van der Waals surface area contributed by atoms with Crippen LogP contribution in [0.2, 0.25) is 5.02 Å². The highest BCUT2D eigenvalue weighted by Gasteiger charge is 2.20. The molecule has 2 aromatic carbocycles. The molecule has 1 aromatic heterocycles. The molecule has 0 spiro atoms. The molecule has 33 heavy (non-hydrogen) atoms. The first-order valence-corrected chi connectivity index (χ1v) is 11.3. The second kappa shape index (κ2) is 11.0. The van der Waals surface area contributed by atoms with Gasteiger partial charge < -0.3 is 10.1 Å². The summed E-state index contributed by atoms with van der Waals surface area (Å²) in [5, 5.41) is 22.6. The lowest BCUT2D eigenvalue weighted by molar-refractivity contribution is -0.384. The van der Waals surface area contributed by atoms with E-state index in [0.29, 0.717) is 23.3 Å². The number of nitrogens with zero attached hydrogens (tertiary/aromatic N) is 4. The van der Waals surface area contributed by atoms with Crippen molar-refractivity contribution in [2.75, 3.05) is 11.1 Å². The van der Waals surface area contributed by atoms with Crippen LogP contribution < -0.4 is 10.1 Å². The smallest absolute Gasteiger partial charge is 0.289 e. The Hall–Kier alpha value is -3.37. The number of aryl methyl sites for hydroxylation is 1. The van der Waals surface area contributed by atoms with Gasteiger partial charge in [0.05, 0.1) is 10.7 Å². The van der Waals surface area contributed by atoms with E-state index in [0.717, 1.165) is 5.56 Å². The molecule has 1 amide bonds. The number of halogens is 1. The number of nitro benzene ring substituents is 1. The van der Waals surface area contributed by atoms with Gasteiger partial charge in [-0.25, -0.2) is 0 Å². The molecule has 1 unspecified atom stereocenters. The Morgan fingerprint density at radius 3 is 2.73 bits per heavy atom. The number of thioether (sulfide) groups is 1. The molecule has 0 aliphatic carbocycles. The van der Waals surface area contributed by atoms with Crippen molar-refractivity contribution in [1.82, 2.24) is 14.8 Å². The van der Waals surface area contributed by atoms with E-state index < -0.39 is 4.92 Å². The van der Waals surface area contributed by atoms with Crippen molar-refractivity contribution in [3.05, 3.63) is 81.6 Å². The van der Waals surface area contributed by atoms with E-state index in [1.54, 1.807) is 6.08 Å². The lowest BCUT2D eigenvalue weighted by atomic mass is 10.2. The number of nitrogens with one attached hydrogen (secondary N) is 1. The maximum atomic E-state index is 12.4. The number of rotatable bonds is 10. The van der Waals surface area contributed by atoms with Crippen LogP contribution in [0.15, 0.2) is 60.3 Å². The number of allylic oxidation sites excluding steroid dienone is 1. The Morgan fingerprint density at radius 1 is 1.33 bits per heavy atom. The standard InChI is InChI=1S/C22H22ClN5O4S/c1-4-11-27-21(15(3)32-17-8-5-14(2)6-9-17)25-26-22(27)33-13-20(29)24-16-7-10-18(23)19(12-16)28(30)31/h4-10,12,15H,1,11,13H2,2-3H3,(H,24,29). The van der Waals surface area contributed by atoms with Crippen LogP contribution >= 0.6 is 23.4 Å². The lowest BCUT2D eigenvalue weighted by Crippen LogP contribution is -2.15. The molecule has 3 rings (SSSR count). The summed E-state index contributed by atoms with van der Waals surface area (Å²) in [4.78, 5) is 22.8. The molecule has 0 aliphatic rings. The zero-order valence-corrected chi connectivity index (χ0v) is 19.6. The normalized spacial score (nSPS) is 11.6. The number of amides is 1. The molecule has 1 N–H and O–H groups in total. The van der Waals surface area contributed by atoms with Crippen LogP contribution in [-0.2, 0) is 11.3 Å². The molecule has 0 aliphatic heterocycles. The van der Waals surface area contributed by atoms with Gasteiger partial charge in [-0.1, -0.05) is 47.1 Å². The fourth-order valence-electron chi connectivity index (χ4n) is 2.94. The Morgan fingerprint density at radius 2 is 2.06 bits per heavy atom. The van der Waals surface area contributed by atoms with Crippen molar-refractivity contribution in [2.24, 2.45) is 0 Å². The van der Waals surface area contributed by atoms with Crippen LogP contribution in [0.3, 0.4) is 0 Å². The number of carbonyl (C=O) groups is 1. The number of ether oxygens (including phenoxy) is 1. The second-order valence-corrected chi connectivity index (χ2v) is 8.42. The molecule has 0 fully saturated rings. The molecule has 0 saturated heterocycles. The van der Waals surface area contributed by atoms with Gasteiger partial charge in [-0.3, -0.25) is 19.5 Å². The van der Waals surface area contributed by atoms with Crippen LogP contribution in [0.5, 0.6) is 5.75 Å². The molecule has 172 valence electrons. The Balaban J connectivity index is 1.67. The van der Waals surface area contributed by atoms with E-state index in [1.165, 1.54) is 30.0 Å². The van der Waals surface area contributed by atoms with Gasteiger partial charge in [-0.05, 0) is 38.1 Å². The van der Waals surface area contributed by atoms with Gasteiger partial charge in [-0.15, -0.1) is 16.8 Å². The third kappa shape index (κ3) is 6.33. The molecular formula is C22H22ClN5O4S. The average Bonchev–Trinajstić information content (AvgIpc) is 3.18. The molecule has 1 atom stereocenters. The second-order valence-electron chi connectivity index (χ2n) is 7.07. The van der Waals surface area contributed by atoms with Crippen LogP contribution in [0.4, 0.5) is 11.4 Å². The molecular weight excluding hydrogens is 466 g/mol. The van der Waals surface area contributed by atoms with Crippen LogP contribution in [0, 0.1) is 17.0 Å². The van der Waals surface area contributed by atoms with E-state index in [4.69, 9.17) is 16.3 Å². The topological polar surface area (TPSA) is 112 Å². The Bertz CT molecular complexity index is 1170. The van der Waals surface area contributed by atoms with Crippen LogP contribution in [0.1, 0.15) is 24.4 Å². The fourth-order valence-corrected chi connectivity index (χ4v) is 3.88. The van der Waals surface area contributed by atoms with E-state index >= 15 is 0 Å². The maximum Gasteiger partial charge on any atom is 0.289 e. The third-order valence-electron chi connectivity index (χ3n) is 4.51. The van der Waals surface area contributed by atoms with Crippen molar-refractivity contribution < 1.29 is 14.5 Å². The highest BCUT2D eigenvalue weighted by atomic mass is 35.5. The molecule has 0 saturated carbocycles. The van der Waals surface area contributed by atoms with Crippen molar-refractivity contribution in [1.29, 1.82) is 0 Å². The summed E-state index contributed by atoms with van der Waals surface area (Å²) in [5.41, 5.74) is 1.14. The van der Waals surface area contributed by atoms with Gasteiger partial charge in [0.15, 0.2) is 17.1 Å². The monoisotopic (exact) mass is 487 g/mol. The first-order valence-electron chi connectivity index (χ1n) is 9.92. The van der Waals surface area contributed by atoms with Gasteiger partial charge in [0.1, 0.15) is 10.8 Å². The fraction of sp³-hybridized carbons (Fsp3) is 0.227. The molecule has 0 bridgehead atoms. The predicted molar refractivity (Wildman–Crippen MR) is 128 cm³/mol. The summed E-state index contributed by atoms with van der Waals surface area (Å²) >= 11 is 7.00. The van der Waals surface area contributed by atoms with Crippen molar-refractivity contribution in [3.63, 3.8) is 0 Å². The number of nitro groups is 1. The number of hydrogen-bond donors (Lipinski definition) is 1. The van der Waals surface area contributed by atoms with Gasteiger partial charge in [-0.2, -0.15) is 0 Å². The van der Waals surface area contributed by atoms with Crippen LogP contribution in [-0.4, -0.2) is 31.3 Å². The number of carbonyl (C=O) groups excluding carboxylic acids is 1. The zero-order valence-electron chi connectivity index (χ0n) is 18.0. The lowest BCUT2D eigenvalue weighted by Gasteiger charge is -2.16. The van der Waals surface area contributed by atoms with Crippen LogP contribution in [0.25, 0.3) is 0 Å². The minimum atomic E-state index is -0.605. The first-order chi connectivity index (χ1) is 15.8. The highest BCUT2D eigenvalue weighted by molar-refractivity contribution is 7.99. The SMILES string of the molecule is C=CCn1c(SCC(=O)Nc2ccc(Cl)c([N+](=O)[O-])c2)nnc1C(C)Oc1ccc(C)cc1. The zero-order chi connectivity index (χ0) is 24.0. The number of anilines is 1. The first kappa shape index (κ1) is 24.3. The summed E-state index contributed by atoms with van der Waals surface area (Å²) in [6, 6.07) is 11.8. The third-order valence-corrected chi connectivity index (χ3v) is 5.80. The van der Waals surface area contributed by atoms with Gasteiger partial charge in [0.25, 0.3) is 5.69 Å². The van der Waals surface area contributed by atoms with E-state index in [1.807, 2.05) is 42.7 Å². The number of benzene rings is 2. The number of aromatic nitrogens is 3. The largest absolute Gasteiger partial charge is 0.483 e. The Kier molecular flexibility index (Phi) is 8.07. The Labute approximate surface area is 200 Å². The van der Waals surface area contributed by atoms with Gasteiger partial charge >= 0.3 is 0 Å². The van der Waals surface area contributed by atoms with Crippen molar-refractivity contribution in [3.8, 4) is 5.75 Å². The predicted octanol–water partition coefficient (Wildman–Crippen LogP) is 5.20. The van der Waals surface area contributed by atoms with Gasteiger partial charge in [0.2, 0.25) is 5.91 Å². The summed E-state index contributed by atoms with van der Waals surface area (Å²) in [7, 11) is 0. The maximum absolute atomic E-state index is 12.4. The molecule has 1 heterocycles. The summed E-state index contributed by atoms with van der Waals surface area (Å²) in [6.45, 7) is 8.10. The molecule has 11 heteroatoms. The van der Waals surface area contributed by atoms with E-state index in [-0.39, 0.29) is 34.2 Å². The van der Waals surface area contributed by atoms with E-state index in [9.17, 15) is 14.9 Å². The van der Waals surface area contributed by atoms with Crippen molar-refractivity contribution >= 4 is 40.6 Å². The number of hydrogen-bond acceptors (Lipinski definition) is 7. The van der Waals surface area contributed by atoms with Gasteiger partial charge in [0, 0.05) is 18.3 Å².